The summed E-state index contributed by atoms with van der Waals surface area (Å²) >= 11 is 0. The van der Waals surface area contributed by atoms with Gasteiger partial charge in [-0.1, -0.05) is 24.3 Å². The van der Waals surface area contributed by atoms with Gasteiger partial charge in [-0.15, -0.1) is 17.0 Å². The van der Waals surface area contributed by atoms with Crippen LogP contribution in [0, 0.1) is 0 Å². The second-order valence-corrected chi connectivity index (χ2v) is 6.02. The van der Waals surface area contributed by atoms with Crippen LogP contribution >= 0.6 is 17.0 Å². The molecule has 0 unspecified atom stereocenters. The Morgan fingerprint density at radius 2 is 1.80 bits per heavy atom. The van der Waals surface area contributed by atoms with Crippen LogP contribution in [0.15, 0.2) is 48.7 Å². The van der Waals surface area contributed by atoms with E-state index >= 15 is 0 Å². The topological polar surface area (TPSA) is 60.5 Å². The van der Waals surface area contributed by atoms with Gasteiger partial charge in [0.1, 0.15) is 16.8 Å². The minimum absolute atomic E-state index is 0. The molecule has 0 atom stereocenters. The summed E-state index contributed by atoms with van der Waals surface area (Å²) in [5.41, 5.74) is -0.397. The molecule has 9 heteroatoms. The van der Waals surface area contributed by atoms with Gasteiger partial charge in [-0.2, -0.15) is 13.2 Å². The maximum absolute atomic E-state index is 13.4. The first-order valence-corrected chi connectivity index (χ1v) is 9.01. The van der Waals surface area contributed by atoms with Crippen molar-refractivity contribution in [2.45, 2.75) is 20.0 Å². The zero-order chi connectivity index (χ0) is 21.0. The third kappa shape index (κ3) is 4.84. The van der Waals surface area contributed by atoms with Gasteiger partial charge in [-0.25, -0.2) is 4.79 Å². The minimum atomic E-state index is -4.56. The number of para-hydroxylation sites is 2. The first-order valence-electron chi connectivity index (χ1n) is 9.01. The first kappa shape index (κ1) is 23.5. The van der Waals surface area contributed by atoms with Crippen LogP contribution in [0.2, 0.25) is 0 Å². The van der Waals surface area contributed by atoms with Crippen molar-refractivity contribution in [2.24, 2.45) is 0 Å². The molecule has 0 aliphatic heterocycles. The first-order chi connectivity index (χ1) is 13.9. The van der Waals surface area contributed by atoms with Gasteiger partial charge in [0.05, 0.1) is 30.2 Å². The zero-order valence-electron chi connectivity index (χ0n) is 16.2. The Labute approximate surface area is 182 Å². The second-order valence-electron chi connectivity index (χ2n) is 6.02. The Hall–Kier alpha value is -2.81. The molecule has 5 nitrogen and oxygen atoms in total. The summed E-state index contributed by atoms with van der Waals surface area (Å²) in [7, 11) is 0. The van der Waals surface area contributed by atoms with Crippen molar-refractivity contribution in [1.29, 1.82) is 0 Å². The van der Waals surface area contributed by atoms with E-state index in [0.717, 1.165) is 6.07 Å². The third-order valence-electron chi connectivity index (χ3n) is 4.15. The lowest BCUT2D eigenvalue weighted by Crippen LogP contribution is -2.12. The van der Waals surface area contributed by atoms with Crippen molar-refractivity contribution in [3.05, 3.63) is 59.8 Å². The Balaban J connectivity index is 0.00000320. The Morgan fingerprint density at radius 3 is 2.47 bits per heavy atom. The highest BCUT2D eigenvalue weighted by Crippen LogP contribution is 2.39. The number of nitrogens with zero attached hydrogens (tertiary/aromatic N) is 1. The number of hydrogen-bond acceptors (Lipinski definition) is 5. The molecule has 30 heavy (non-hydrogen) atoms. The zero-order valence-corrected chi connectivity index (χ0v) is 18.0. The monoisotopic (exact) mass is 484 g/mol. The largest absolute Gasteiger partial charge is 0.492 e. The lowest BCUT2D eigenvalue weighted by Gasteiger charge is -2.18. The van der Waals surface area contributed by atoms with E-state index in [4.69, 9.17) is 9.47 Å². The minimum Gasteiger partial charge on any atom is -0.492 e. The van der Waals surface area contributed by atoms with Crippen LogP contribution in [0.3, 0.4) is 0 Å². The number of aromatic nitrogens is 1. The average molecular weight is 485 g/mol. The van der Waals surface area contributed by atoms with E-state index in [0.29, 0.717) is 23.3 Å². The number of hydrogen-bond donors (Lipinski definition) is 1. The van der Waals surface area contributed by atoms with E-state index in [1.807, 2.05) is 6.92 Å². The van der Waals surface area contributed by atoms with Gasteiger partial charge in [0.15, 0.2) is 0 Å². The molecule has 1 heterocycles. The molecule has 0 saturated carbocycles. The van der Waals surface area contributed by atoms with Gasteiger partial charge in [-0.05, 0) is 32.0 Å². The van der Waals surface area contributed by atoms with Crippen molar-refractivity contribution in [3.63, 3.8) is 0 Å². The number of halogens is 4. The number of benzene rings is 2. The molecule has 1 aromatic heterocycles. The van der Waals surface area contributed by atoms with Crippen molar-refractivity contribution in [2.75, 3.05) is 18.5 Å². The maximum Gasteiger partial charge on any atom is 0.418 e. The van der Waals surface area contributed by atoms with Crippen molar-refractivity contribution in [1.82, 2.24) is 4.98 Å². The third-order valence-corrected chi connectivity index (χ3v) is 4.15. The molecule has 3 aromatic rings. The Kier molecular flexibility index (Phi) is 7.66. The molecule has 3 rings (SSSR count). The van der Waals surface area contributed by atoms with Crippen LogP contribution in [-0.2, 0) is 10.9 Å². The van der Waals surface area contributed by atoms with E-state index in [9.17, 15) is 18.0 Å². The van der Waals surface area contributed by atoms with Crippen molar-refractivity contribution >= 4 is 45.2 Å². The number of esters is 1. The molecule has 0 spiro atoms. The fourth-order valence-electron chi connectivity index (χ4n) is 2.94. The van der Waals surface area contributed by atoms with Crippen molar-refractivity contribution < 1.29 is 27.4 Å². The standard InChI is InChI=1S/C21H19F3N2O3.BrH/c1-3-28-17-11-7-8-13-18(14(12-25-19(13)17)20(27)29-4-2)26-16-10-6-5-9-15(16)21(22,23)24;/h5-12H,3-4H2,1-2H3,(H,25,26);1H. The molecular weight excluding hydrogens is 465 g/mol. The molecular formula is C21H20BrF3N2O3. The highest BCUT2D eigenvalue weighted by Gasteiger charge is 2.33. The predicted molar refractivity (Wildman–Crippen MR) is 114 cm³/mol. The van der Waals surface area contributed by atoms with E-state index in [1.54, 1.807) is 25.1 Å². The van der Waals surface area contributed by atoms with Gasteiger partial charge in [0, 0.05) is 11.6 Å². The fourth-order valence-corrected chi connectivity index (χ4v) is 2.94. The van der Waals surface area contributed by atoms with Gasteiger partial charge in [0.25, 0.3) is 0 Å². The van der Waals surface area contributed by atoms with Crippen LogP contribution in [0.25, 0.3) is 10.9 Å². The summed E-state index contributed by atoms with van der Waals surface area (Å²) in [6.07, 6.45) is -3.28. The smallest absolute Gasteiger partial charge is 0.418 e. The van der Waals surface area contributed by atoms with Crippen LogP contribution in [-0.4, -0.2) is 24.2 Å². The molecule has 1 N–H and O–H groups in total. The molecule has 0 aliphatic rings. The number of carbonyl (C=O) groups excluding carboxylic acids is 1. The summed E-state index contributed by atoms with van der Waals surface area (Å²) in [5, 5.41) is 3.23. The molecule has 0 radical (unpaired) electrons. The second kappa shape index (κ2) is 9.80. The number of nitrogens with one attached hydrogen (secondary N) is 1. The number of pyridine rings is 1. The molecule has 0 saturated heterocycles. The maximum atomic E-state index is 13.4. The van der Waals surface area contributed by atoms with E-state index in [1.165, 1.54) is 24.4 Å². The number of alkyl halides is 3. The number of carbonyl (C=O) groups is 1. The quantitative estimate of drug-likeness (QED) is 0.425. The fraction of sp³-hybridized carbons (Fsp3) is 0.238. The van der Waals surface area contributed by atoms with Gasteiger partial charge in [-0.3, -0.25) is 4.98 Å². The van der Waals surface area contributed by atoms with E-state index in [-0.39, 0.29) is 40.5 Å². The van der Waals surface area contributed by atoms with E-state index < -0.39 is 17.7 Å². The molecule has 160 valence electrons. The lowest BCUT2D eigenvalue weighted by atomic mass is 10.1. The summed E-state index contributed by atoms with van der Waals surface area (Å²) in [6, 6.07) is 10.1. The van der Waals surface area contributed by atoms with Gasteiger partial charge < -0.3 is 14.8 Å². The summed E-state index contributed by atoms with van der Waals surface area (Å²) < 4.78 is 51.0. The SMILES string of the molecule is Br.CCOC(=O)c1cnc2c(OCC)cccc2c1Nc1ccccc1C(F)(F)F. The summed E-state index contributed by atoms with van der Waals surface area (Å²) in [5.74, 6) is -0.219. The van der Waals surface area contributed by atoms with Gasteiger partial charge >= 0.3 is 12.1 Å². The number of anilines is 2. The Bertz CT molecular complexity index is 1040. The molecule has 0 aliphatic carbocycles. The molecule has 0 bridgehead atoms. The van der Waals surface area contributed by atoms with Crippen molar-refractivity contribution in [3.8, 4) is 5.75 Å². The van der Waals surface area contributed by atoms with Crippen LogP contribution in [0.4, 0.5) is 24.5 Å². The highest BCUT2D eigenvalue weighted by atomic mass is 79.9. The number of rotatable bonds is 6. The average Bonchev–Trinajstić information content (AvgIpc) is 2.68. The van der Waals surface area contributed by atoms with Crippen LogP contribution < -0.4 is 10.1 Å². The van der Waals surface area contributed by atoms with Crippen LogP contribution in [0.5, 0.6) is 5.75 Å². The van der Waals surface area contributed by atoms with E-state index in [2.05, 4.69) is 10.3 Å². The van der Waals surface area contributed by atoms with Gasteiger partial charge in [0.2, 0.25) is 0 Å². The highest BCUT2D eigenvalue weighted by molar-refractivity contribution is 8.93. The summed E-state index contributed by atoms with van der Waals surface area (Å²) in [4.78, 5) is 16.7. The lowest BCUT2D eigenvalue weighted by molar-refractivity contribution is -0.136. The predicted octanol–water partition coefficient (Wildman–Crippen LogP) is 6.15. The van der Waals surface area contributed by atoms with Crippen LogP contribution in [0.1, 0.15) is 29.8 Å². The normalized spacial score (nSPS) is 11.0. The molecule has 0 fully saturated rings. The Morgan fingerprint density at radius 1 is 1.07 bits per heavy atom. The molecule has 2 aromatic carbocycles. The molecule has 0 amide bonds. The number of fused-ring (bicyclic) bond motifs is 1. The summed E-state index contributed by atoms with van der Waals surface area (Å²) in [6.45, 7) is 3.96. The number of ether oxygens (including phenoxy) is 2.